The Kier molecular flexibility index (Phi) is 4.29. The summed E-state index contributed by atoms with van der Waals surface area (Å²) < 4.78 is 14.2. The SMILES string of the molecule is N#Cc1ccc(NCC2(CC(=O)O)CCC2)c(F)c1Br. The Morgan fingerprint density at radius 3 is 2.75 bits per heavy atom. The van der Waals surface area contributed by atoms with Crippen LogP contribution < -0.4 is 5.32 Å². The van der Waals surface area contributed by atoms with Crippen molar-refractivity contribution in [3.63, 3.8) is 0 Å². The molecule has 2 rings (SSSR count). The number of halogens is 2. The Morgan fingerprint density at radius 1 is 1.55 bits per heavy atom. The van der Waals surface area contributed by atoms with E-state index < -0.39 is 11.8 Å². The normalized spacial score (nSPS) is 16.1. The molecule has 20 heavy (non-hydrogen) atoms. The second-order valence-corrected chi connectivity index (χ2v) is 5.97. The molecule has 0 aliphatic heterocycles. The third-order valence-corrected chi connectivity index (χ3v) is 4.57. The van der Waals surface area contributed by atoms with Crippen LogP contribution in [-0.4, -0.2) is 17.6 Å². The molecule has 0 amide bonds. The predicted octanol–water partition coefficient (Wildman–Crippen LogP) is 3.52. The van der Waals surface area contributed by atoms with E-state index in [2.05, 4.69) is 21.2 Å². The third-order valence-electron chi connectivity index (χ3n) is 3.80. The summed E-state index contributed by atoms with van der Waals surface area (Å²) >= 11 is 3.05. The van der Waals surface area contributed by atoms with Crippen molar-refractivity contribution < 1.29 is 14.3 Å². The summed E-state index contributed by atoms with van der Waals surface area (Å²) in [5, 5.41) is 20.7. The fraction of sp³-hybridized carbons (Fsp3) is 0.429. The molecule has 1 aromatic carbocycles. The van der Waals surface area contributed by atoms with E-state index in [1.807, 2.05) is 6.07 Å². The van der Waals surface area contributed by atoms with E-state index in [0.717, 1.165) is 19.3 Å². The number of hydrogen-bond acceptors (Lipinski definition) is 3. The number of anilines is 1. The first-order chi connectivity index (χ1) is 9.47. The number of carbonyl (C=O) groups is 1. The summed E-state index contributed by atoms with van der Waals surface area (Å²) in [7, 11) is 0. The van der Waals surface area contributed by atoms with Gasteiger partial charge in [0.2, 0.25) is 0 Å². The molecule has 0 radical (unpaired) electrons. The summed E-state index contributed by atoms with van der Waals surface area (Å²) in [5.41, 5.74) is 0.239. The van der Waals surface area contributed by atoms with Gasteiger partial charge in [-0.1, -0.05) is 6.42 Å². The zero-order chi connectivity index (χ0) is 14.8. The monoisotopic (exact) mass is 340 g/mol. The molecule has 4 nitrogen and oxygen atoms in total. The molecule has 1 aliphatic rings. The Balaban J connectivity index is 2.09. The van der Waals surface area contributed by atoms with Crippen LogP contribution in [0.5, 0.6) is 0 Å². The van der Waals surface area contributed by atoms with Gasteiger partial charge >= 0.3 is 5.97 Å². The lowest BCUT2D eigenvalue weighted by molar-refractivity contribution is -0.141. The molecule has 0 aromatic heterocycles. The molecule has 1 fully saturated rings. The van der Waals surface area contributed by atoms with E-state index >= 15 is 0 Å². The van der Waals surface area contributed by atoms with E-state index in [-0.39, 0.29) is 27.6 Å². The number of nitriles is 1. The van der Waals surface area contributed by atoms with Gasteiger partial charge in [-0.05, 0) is 46.3 Å². The number of carboxylic acids is 1. The van der Waals surface area contributed by atoms with Gasteiger partial charge < -0.3 is 10.4 Å². The Morgan fingerprint density at radius 2 is 2.25 bits per heavy atom. The number of nitrogens with zero attached hydrogens (tertiary/aromatic N) is 1. The number of benzene rings is 1. The first-order valence-electron chi connectivity index (χ1n) is 6.31. The lowest BCUT2D eigenvalue weighted by Crippen LogP contribution is -2.38. The summed E-state index contributed by atoms with van der Waals surface area (Å²) in [6.45, 7) is 0.425. The molecule has 0 saturated heterocycles. The molecule has 2 N–H and O–H groups in total. The molecule has 0 heterocycles. The van der Waals surface area contributed by atoms with Crippen LogP contribution in [0.15, 0.2) is 16.6 Å². The zero-order valence-corrected chi connectivity index (χ0v) is 12.3. The van der Waals surface area contributed by atoms with Crippen LogP contribution in [0.3, 0.4) is 0 Å². The predicted molar refractivity (Wildman–Crippen MR) is 75.8 cm³/mol. The highest BCUT2D eigenvalue weighted by Crippen LogP contribution is 2.44. The minimum Gasteiger partial charge on any atom is -0.481 e. The summed E-state index contributed by atoms with van der Waals surface area (Å²) in [4.78, 5) is 10.9. The second kappa shape index (κ2) is 5.80. The molecule has 1 saturated carbocycles. The summed E-state index contributed by atoms with van der Waals surface area (Å²) in [5.74, 6) is -1.35. The number of carboxylic acid groups (broad SMARTS) is 1. The van der Waals surface area contributed by atoms with Gasteiger partial charge in [0.15, 0.2) is 5.82 Å². The van der Waals surface area contributed by atoms with E-state index in [1.165, 1.54) is 12.1 Å². The van der Waals surface area contributed by atoms with Gasteiger partial charge in [-0.3, -0.25) is 4.79 Å². The maximum atomic E-state index is 14.0. The van der Waals surface area contributed by atoms with Crippen LogP contribution in [0.4, 0.5) is 10.1 Å². The van der Waals surface area contributed by atoms with Crippen molar-refractivity contribution in [2.24, 2.45) is 5.41 Å². The first-order valence-corrected chi connectivity index (χ1v) is 7.10. The van der Waals surface area contributed by atoms with Crippen molar-refractivity contribution in [1.82, 2.24) is 0 Å². The average molecular weight is 341 g/mol. The van der Waals surface area contributed by atoms with Crippen molar-refractivity contribution in [2.45, 2.75) is 25.7 Å². The van der Waals surface area contributed by atoms with Crippen LogP contribution in [0.1, 0.15) is 31.2 Å². The highest BCUT2D eigenvalue weighted by molar-refractivity contribution is 9.10. The highest BCUT2D eigenvalue weighted by Gasteiger charge is 2.38. The van der Waals surface area contributed by atoms with Gasteiger partial charge in [-0.2, -0.15) is 5.26 Å². The van der Waals surface area contributed by atoms with E-state index in [9.17, 15) is 9.18 Å². The Bertz CT molecular complexity index is 579. The molecular formula is C14H14BrFN2O2. The van der Waals surface area contributed by atoms with Gasteiger partial charge in [-0.25, -0.2) is 4.39 Å². The standard InChI is InChI=1S/C14H14BrFN2O2/c15-12-9(7-17)2-3-10(13(12)16)18-8-14(4-1-5-14)6-11(19)20/h2-3,18H,1,4-6,8H2,(H,19,20). The van der Waals surface area contributed by atoms with Crippen molar-refractivity contribution in [3.05, 3.63) is 28.0 Å². The van der Waals surface area contributed by atoms with E-state index in [0.29, 0.717) is 6.54 Å². The van der Waals surface area contributed by atoms with Crippen molar-refractivity contribution in [3.8, 4) is 6.07 Å². The van der Waals surface area contributed by atoms with E-state index in [1.54, 1.807) is 0 Å². The number of nitrogens with one attached hydrogen (secondary N) is 1. The molecule has 0 bridgehead atoms. The molecule has 6 heteroatoms. The topological polar surface area (TPSA) is 73.1 Å². The van der Waals surface area contributed by atoms with Crippen LogP contribution >= 0.6 is 15.9 Å². The number of hydrogen-bond donors (Lipinski definition) is 2. The van der Waals surface area contributed by atoms with E-state index in [4.69, 9.17) is 10.4 Å². The fourth-order valence-corrected chi connectivity index (χ4v) is 2.90. The minimum absolute atomic E-state index is 0.0963. The van der Waals surface area contributed by atoms with Crippen molar-refractivity contribution in [2.75, 3.05) is 11.9 Å². The zero-order valence-electron chi connectivity index (χ0n) is 10.7. The Hall–Kier alpha value is -1.61. The van der Waals surface area contributed by atoms with Crippen LogP contribution in [0.2, 0.25) is 0 Å². The van der Waals surface area contributed by atoms with Gasteiger partial charge in [0.05, 0.1) is 22.1 Å². The molecule has 1 aliphatic carbocycles. The van der Waals surface area contributed by atoms with Crippen LogP contribution in [0, 0.1) is 22.6 Å². The summed E-state index contributed by atoms with van der Waals surface area (Å²) in [6, 6.07) is 4.93. The molecule has 0 unspecified atom stereocenters. The number of rotatable bonds is 5. The Labute approximate surface area is 124 Å². The smallest absolute Gasteiger partial charge is 0.303 e. The molecular weight excluding hydrogens is 327 g/mol. The highest BCUT2D eigenvalue weighted by atomic mass is 79.9. The lowest BCUT2D eigenvalue weighted by atomic mass is 9.66. The first kappa shape index (κ1) is 14.8. The molecule has 106 valence electrons. The van der Waals surface area contributed by atoms with Gasteiger partial charge in [0.25, 0.3) is 0 Å². The third kappa shape index (κ3) is 2.93. The minimum atomic E-state index is -0.826. The average Bonchev–Trinajstić information content (AvgIpc) is 2.36. The lowest BCUT2D eigenvalue weighted by Gasteiger charge is -2.41. The quantitative estimate of drug-likeness (QED) is 0.860. The van der Waals surface area contributed by atoms with Gasteiger partial charge in [0.1, 0.15) is 6.07 Å². The number of aliphatic carboxylic acids is 1. The van der Waals surface area contributed by atoms with Crippen molar-refractivity contribution >= 4 is 27.6 Å². The van der Waals surface area contributed by atoms with Gasteiger partial charge in [0, 0.05) is 6.54 Å². The van der Waals surface area contributed by atoms with Crippen LogP contribution in [0.25, 0.3) is 0 Å². The maximum absolute atomic E-state index is 14.0. The van der Waals surface area contributed by atoms with Crippen LogP contribution in [-0.2, 0) is 4.79 Å². The molecule has 0 atom stereocenters. The van der Waals surface area contributed by atoms with Gasteiger partial charge in [-0.15, -0.1) is 0 Å². The second-order valence-electron chi connectivity index (χ2n) is 5.18. The molecule has 1 aromatic rings. The summed E-state index contributed by atoms with van der Waals surface area (Å²) in [6.07, 6.45) is 2.78. The fourth-order valence-electron chi connectivity index (χ4n) is 2.47. The van der Waals surface area contributed by atoms with Crippen molar-refractivity contribution in [1.29, 1.82) is 5.26 Å². The molecule has 0 spiro atoms. The largest absolute Gasteiger partial charge is 0.481 e. The maximum Gasteiger partial charge on any atom is 0.303 e.